The molecule has 0 aliphatic carbocycles. The van der Waals surface area contributed by atoms with Gasteiger partial charge in [-0.15, -0.1) is 0 Å². The Labute approximate surface area is 171 Å². The number of hydrogen-bond acceptors (Lipinski definition) is 3. The Morgan fingerprint density at radius 1 is 1.04 bits per heavy atom. The quantitative estimate of drug-likeness (QED) is 0.674. The molecule has 0 bridgehead atoms. The van der Waals surface area contributed by atoms with Crippen molar-refractivity contribution >= 4 is 11.6 Å². The largest absolute Gasteiger partial charge is 0.396 e. The third kappa shape index (κ3) is 4.30. The van der Waals surface area contributed by atoms with Crippen LogP contribution >= 0.6 is 11.6 Å². The summed E-state index contributed by atoms with van der Waals surface area (Å²) in [6.45, 7) is 3.00. The molecular formula is C23H26ClN3O. The number of piperidine rings is 1. The van der Waals surface area contributed by atoms with E-state index in [4.69, 9.17) is 11.6 Å². The number of para-hydroxylation sites is 1. The molecule has 4 rings (SSSR count). The third-order valence-corrected chi connectivity index (χ3v) is 5.96. The molecule has 3 aromatic rings. The van der Waals surface area contributed by atoms with Gasteiger partial charge in [-0.2, -0.15) is 5.10 Å². The van der Waals surface area contributed by atoms with E-state index in [9.17, 15) is 5.11 Å². The molecule has 1 aliphatic rings. The molecule has 28 heavy (non-hydrogen) atoms. The third-order valence-electron chi connectivity index (χ3n) is 5.64. The Hall–Kier alpha value is -2.14. The molecule has 4 nitrogen and oxygen atoms in total. The van der Waals surface area contributed by atoms with Crippen molar-refractivity contribution in [2.24, 2.45) is 5.41 Å². The summed E-state index contributed by atoms with van der Waals surface area (Å²) in [4.78, 5) is 2.44. The highest BCUT2D eigenvalue weighted by molar-refractivity contribution is 6.32. The maximum atomic E-state index is 10.2. The minimum absolute atomic E-state index is 0.0711. The number of nitrogens with zero attached hydrogens (tertiary/aromatic N) is 3. The van der Waals surface area contributed by atoms with E-state index in [1.807, 2.05) is 47.4 Å². The van der Waals surface area contributed by atoms with Gasteiger partial charge >= 0.3 is 0 Å². The highest BCUT2D eigenvalue weighted by Crippen LogP contribution is 2.34. The molecule has 0 unspecified atom stereocenters. The SMILES string of the molecule is OC[C@@]1(Cc2ccccc2)CCCN(Cc2cnn(-c3ccccc3Cl)c2)C1. The molecule has 1 saturated heterocycles. The first-order chi connectivity index (χ1) is 13.7. The number of rotatable bonds is 6. The van der Waals surface area contributed by atoms with Gasteiger partial charge in [0.2, 0.25) is 0 Å². The lowest BCUT2D eigenvalue weighted by Gasteiger charge is -2.42. The van der Waals surface area contributed by atoms with Crippen molar-refractivity contribution in [2.75, 3.05) is 19.7 Å². The molecule has 1 fully saturated rings. The van der Waals surface area contributed by atoms with Gasteiger partial charge in [-0.25, -0.2) is 4.68 Å². The van der Waals surface area contributed by atoms with Crippen LogP contribution < -0.4 is 0 Å². The molecule has 1 aliphatic heterocycles. The van der Waals surface area contributed by atoms with Crippen LogP contribution in [0.1, 0.15) is 24.0 Å². The normalized spacial score (nSPS) is 20.4. The van der Waals surface area contributed by atoms with Crippen molar-refractivity contribution in [2.45, 2.75) is 25.8 Å². The molecule has 0 radical (unpaired) electrons. The van der Waals surface area contributed by atoms with Crippen molar-refractivity contribution in [3.8, 4) is 5.69 Å². The van der Waals surface area contributed by atoms with E-state index < -0.39 is 0 Å². The van der Waals surface area contributed by atoms with Crippen LogP contribution in [0.25, 0.3) is 5.69 Å². The van der Waals surface area contributed by atoms with Crippen LogP contribution in [0.3, 0.4) is 0 Å². The number of aliphatic hydroxyl groups excluding tert-OH is 1. The van der Waals surface area contributed by atoms with Crippen molar-refractivity contribution in [1.29, 1.82) is 0 Å². The van der Waals surface area contributed by atoms with Crippen LogP contribution in [0.2, 0.25) is 5.02 Å². The van der Waals surface area contributed by atoms with E-state index in [0.29, 0.717) is 5.02 Å². The number of aromatic nitrogens is 2. The second-order valence-electron chi connectivity index (χ2n) is 7.88. The zero-order chi connectivity index (χ0) is 19.4. The second-order valence-corrected chi connectivity index (χ2v) is 8.29. The fraction of sp³-hybridized carbons (Fsp3) is 0.348. The van der Waals surface area contributed by atoms with E-state index in [1.165, 1.54) is 5.56 Å². The van der Waals surface area contributed by atoms with Gasteiger partial charge in [-0.05, 0) is 43.5 Å². The summed E-state index contributed by atoms with van der Waals surface area (Å²) < 4.78 is 1.84. The zero-order valence-corrected chi connectivity index (χ0v) is 16.7. The van der Waals surface area contributed by atoms with Crippen molar-refractivity contribution in [3.05, 3.63) is 83.1 Å². The lowest BCUT2D eigenvalue weighted by atomic mass is 9.75. The molecule has 5 heteroatoms. The first-order valence-corrected chi connectivity index (χ1v) is 10.2. The molecule has 0 amide bonds. The number of likely N-dealkylation sites (tertiary alicyclic amines) is 1. The summed E-state index contributed by atoms with van der Waals surface area (Å²) >= 11 is 6.29. The van der Waals surface area contributed by atoms with Gasteiger partial charge in [0.15, 0.2) is 0 Å². The Morgan fingerprint density at radius 2 is 1.82 bits per heavy atom. The summed E-state index contributed by atoms with van der Waals surface area (Å²) in [5.74, 6) is 0. The fourth-order valence-corrected chi connectivity index (χ4v) is 4.49. The van der Waals surface area contributed by atoms with E-state index in [1.54, 1.807) is 0 Å². The maximum absolute atomic E-state index is 10.2. The highest BCUT2D eigenvalue weighted by Gasteiger charge is 2.35. The standard InChI is InChI=1S/C23H26ClN3O/c24-21-9-4-5-10-22(21)27-16-20(14-25-27)15-26-12-6-11-23(17-26,18-28)13-19-7-2-1-3-8-19/h1-5,7-10,14,16,28H,6,11-13,15,17-18H2/t23-/m1/s1. The topological polar surface area (TPSA) is 41.3 Å². The van der Waals surface area contributed by atoms with Crippen molar-refractivity contribution < 1.29 is 5.11 Å². The van der Waals surface area contributed by atoms with Crippen molar-refractivity contribution in [3.63, 3.8) is 0 Å². The Balaban J connectivity index is 1.46. The molecule has 0 spiro atoms. The summed E-state index contributed by atoms with van der Waals surface area (Å²) in [5, 5.41) is 15.4. The van der Waals surface area contributed by atoms with Crippen LogP contribution in [0, 0.1) is 5.41 Å². The van der Waals surface area contributed by atoms with Crippen LogP contribution in [0.4, 0.5) is 0 Å². The summed E-state index contributed by atoms with van der Waals surface area (Å²) in [7, 11) is 0. The predicted molar refractivity (Wildman–Crippen MR) is 113 cm³/mol. The molecular weight excluding hydrogens is 370 g/mol. The Morgan fingerprint density at radius 3 is 2.61 bits per heavy atom. The number of halogens is 1. The summed E-state index contributed by atoms with van der Waals surface area (Å²) in [6.07, 6.45) is 7.04. The zero-order valence-electron chi connectivity index (χ0n) is 16.0. The molecule has 1 aromatic heterocycles. The van der Waals surface area contributed by atoms with Gasteiger partial charge in [-0.3, -0.25) is 4.90 Å². The first-order valence-electron chi connectivity index (χ1n) is 9.83. The van der Waals surface area contributed by atoms with Gasteiger partial charge in [0.05, 0.1) is 23.5 Å². The lowest BCUT2D eigenvalue weighted by molar-refractivity contribution is 0.0288. The molecule has 146 valence electrons. The van der Waals surface area contributed by atoms with E-state index >= 15 is 0 Å². The van der Waals surface area contributed by atoms with E-state index in [2.05, 4.69) is 34.3 Å². The lowest BCUT2D eigenvalue weighted by Crippen LogP contribution is -2.46. The summed E-state index contributed by atoms with van der Waals surface area (Å²) in [5.41, 5.74) is 3.28. The number of aliphatic hydroxyl groups is 1. The van der Waals surface area contributed by atoms with Gasteiger partial charge in [0.1, 0.15) is 0 Å². The maximum Gasteiger partial charge on any atom is 0.0831 e. The van der Waals surface area contributed by atoms with Crippen LogP contribution in [-0.2, 0) is 13.0 Å². The average Bonchev–Trinajstić information content (AvgIpc) is 3.17. The van der Waals surface area contributed by atoms with Gasteiger partial charge < -0.3 is 5.11 Å². The Kier molecular flexibility index (Phi) is 5.81. The van der Waals surface area contributed by atoms with Crippen LogP contribution in [0.15, 0.2) is 67.0 Å². The van der Waals surface area contributed by atoms with Gasteiger partial charge in [-0.1, -0.05) is 54.1 Å². The van der Waals surface area contributed by atoms with Crippen LogP contribution in [0.5, 0.6) is 0 Å². The molecule has 1 N–H and O–H groups in total. The summed E-state index contributed by atoms with van der Waals surface area (Å²) in [6, 6.07) is 18.2. The first kappa shape index (κ1) is 19.2. The van der Waals surface area contributed by atoms with Crippen molar-refractivity contribution in [1.82, 2.24) is 14.7 Å². The fourth-order valence-electron chi connectivity index (χ4n) is 4.27. The second kappa shape index (κ2) is 8.48. The molecule has 1 atom stereocenters. The number of hydrogen-bond donors (Lipinski definition) is 1. The average molecular weight is 396 g/mol. The van der Waals surface area contributed by atoms with Crippen LogP contribution in [-0.4, -0.2) is 39.5 Å². The van der Waals surface area contributed by atoms with E-state index in [-0.39, 0.29) is 12.0 Å². The molecule has 0 saturated carbocycles. The minimum atomic E-state index is -0.0711. The Bertz CT molecular complexity index is 911. The van der Waals surface area contributed by atoms with Gasteiger partial charge in [0.25, 0.3) is 0 Å². The predicted octanol–water partition coefficient (Wildman–Crippen LogP) is 4.34. The van der Waals surface area contributed by atoms with Gasteiger partial charge in [0, 0.05) is 30.3 Å². The molecule has 2 heterocycles. The smallest absolute Gasteiger partial charge is 0.0831 e. The molecule has 2 aromatic carbocycles. The van der Waals surface area contributed by atoms with E-state index in [0.717, 1.165) is 50.1 Å². The number of benzene rings is 2. The minimum Gasteiger partial charge on any atom is -0.396 e. The monoisotopic (exact) mass is 395 g/mol. The highest BCUT2D eigenvalue weighted by atomic mass is 35.5.